The molecule has 1 heterocycles. The molecule has 0 aliphatic rings. The van der Waals surface area contributed by atoms with Gasteiger partial charge in [-0.05, 0) is 48.9 Å². The molecule has 25 heavy (non-hydrogen) atoms. The Morgan fingerprint density at radius 2 is 2.00 bits per heavy atom. The number of hydrogen-bond donors (Lipinski definition) is 2. The molecule has 0 bridgehead atoms. The van der Waals surface area contributed by atoms with Crippen molar-refractivity contribution in [3.63, 3.8) is 0 Å². The number of nitrogens with one attached hydrogen (secondary N) is 2. The number of halogens is 2. The number of nitrogens with zero attached hydrogens (tertiary/aromatic N) is 2. The van der Waals surface area contributed by atoms with Crippen LogP contribution in [0.15, 0.2) is 42.5 Å². The van der Waals surface area contributed by atoms with Crippen LogP contribution in [0, 0.1) is 12.7 Å². The van der Waals surface area contributed by atoms with Crippen molar-refractivity contribution in [1.29, 1.82) is 0 Å². The molecule has 0 saturated carbocycles. The topological polar surface area (TPSA) is 70.7 Å². The fourth-order valence-electron chi connectivity index (χ4n) is 2.38. The van der Waals surface area contributed by atoms with Gasteiger partial charge in [0.15, 0.2) is 5.82 Å². The monoisotopic (exact) mass is 358 g/mol. The average molecular weight is 359 g/mol. The van der Waals surface area contributed by atoms with E-state index in [4.69, 9.17) is 11.6 Å². The number of aromatic amines is 1. The van der Waals surface area contributed by atoms with Gasteiger partial charge in [0.05, 0.1) is 0 Å². The van der Waals surface area contributed by atoms with E-state index < -0.39 is 5.82 Å². The molecular weight excluding hydrogens is 343 g/mol. The van der Waals surface area contributed by atoms with E-state index in [9.17, 15) is 9.18 Å². The van der Waals surface area contributed by atoms with Crippen molar-refractivity contribution < 1.29 is 9.18 Å². The van der Waals surface area contributed by atoms with Crippen LogP contribution in [-0.4, -0.2) is 27.6 Å². The highest BCUT2D eigenvalue weighted by molar-refractivity contribution is 6.30. The van der Waals surface area contributed by atoms with E-state index in [0.29, 0.717) is 40.8 Å². The average Bonchev–Trinajstić information content (AvgIpc) is 3.07. The third-order valence-corrected chi connectivity index (χ3v) is 4.05. The van der Waals surface area contributed by atoms with Gasteiger partial charge in [-0.15, -0.1) is 0 Å². The van der Waals surface area contributed by atoms with Gasteiger partial charge in [0, 0.05) is 29.1 Å². The van der Waals surface area contributed by atoms with Crippen LogP contribution in [0.4, 0.5) is 4.39 Å². The van der Waals surface area contributed by atoms with Gasteiger partial charge in [0.25, 0.3) is 5.91 Å². The zero-order valence-electron chi connectivity index (χ0n) is 13.5. The lowest BCUT2D eigenvalue weighted by Crippen LogP contribution is -2.26. The van der Waals surface area contributed by atoms with E-state index in [1.165, 1.54) is 12.1 Å². The largest absolute Gasteiger partial charge is 0.352 e. The van der Waals surface area contributed by atoms with Crippen LogP contribution in [0.5, 0.6) is 0 Å². The molecule has 3 aromatic rings. The van der Waals surface area contributed by atoms with E-state index in [2.05, 4.69) is 20.5 Å². The van der Waals surface area contributed by atoms with E-state index >= 15 is 0 Å². The summed E-state index contributed by atoms with van der Waals surface area (Å²) in [7, 11) is 0. The van der Waals surface area contributed by atoms with Crippen molar-refractivity contribution >= 4 is 17.5 Å². The summed E-state index contributed by atoms with van der Waals surface area (Å²) in [6.45, 7) is 1.95. The number of carbonyl (C=O) groups excluding carboxylic acids is 1. The summed E-state index contributed by atoms with van der Waals surface area (Å²) >= 11 is 5.86. The Kier molecular flexibility index (Phi) is 5.09. The lowest BCUT2D eigenvalue weighted by molar-refractivity contribution is 0.0953. The molecule has 2 N–H and O–H groups in total. The Labute approximate surface area is 149 Å². The van der Waals surface area contributed by atoms with Gasteiger partial charge in [-0.3, -0.25) is 9.89 Å². The van der Waals surface area contributed by atoms with Gasteiger partial charge in [-0.1, -0.05) is 17.7 Å². The van der Waals surface area contributed by atoms with Crippen molar-refractivity contribution in [3.8, 4) is 11.4 Å². The van der Waals surface area contributed by atoms with Crippen LogP contribution in [0.2, 0.25) is 5.02 Å². The number of carbonyl (C=O) groups is 1. The highest BCUT2D eigenvalue weighted by Crippen LogP contribution is 2.17. The molecule has 0 spiro atoms. The lowest BCUT2D eigenvalue weighted by atomic mass is 10.1. The second-order valence-corrected chi connectivity index (χ2v) is 5.97. The third-order valence-electron chi connectivity index (χ3n) is 3.79. The zero-order chi connectivity index (χ0) is 17.8. The van der Waals surface area contributed by atoms with Gasteiger partial charge in [0.2, 0.25) is 0 Å². The maximum absolute atomic E-state index is 13.5. The van der Waals surface area contributed by atoms with Gasteiger partial charge >= 0.3 is 0 Å². The Hall–Kier alpha value is -2.73. The molecular formula is C18H16ClFN4O. The Balaban J connectivity index is 1.58. The molecule has 0 unspecified atom stereocenters. The molecule has 0 fully saturated rings. The summed E-state index contributed by atoms with van der Waals surface area (Å²) in [5.41, 5.74) is 1.52. The van der Waals surface area contributed by atoms with E-state index in [-0.39, 0.29) is 5.91 Å². The van der Waals surface area contributed by atoms with Crippen LogP contribution in [0.25, 0.3) is 11.4 Å². The molecule has 0 saturated heterocycles. The summed E-state index contributed by atoms with van der Waals surface area (Å²) in [6.07, 6.45) is 0.487. The van der Waals surface area contributed by atoms with Crippen molar-refractivity contribution in [2.45, 2.75) is 13.3 Å². The number of rotatable bonds is 5. The predicted octanol–water partition coefficient (Wildman–Crippen LogP) is 3.55. The van der Waals surface area contributed by atoms with E-state index in [1.54, 1.807) is 25.1 Å². The van der Waals surface area contributed by atoms with Crippen molar-refractivity contribution in [2.24, 2.45) is 0 Å². The minimum Gasteiger partial charge on any atom is -0.352 e. The first kappa shape index (κ1) is 17.1. The molecule has 1 aromatic heterocycles. The smallest absolute Gasteiger partial charge is 0.251 e. The summed E-state index contributed by atoms with van der Waals surface area (Å²) in [5.74, 6) is 0.519. The fraction of sp³-hybridized carbons (Fsp3) is 0.167. The highest BCUT2D eigenvalue weighted by Gasteiger charge is 2.12. The predicted molar refractivity (Wildman–Crippen MR) is 94.0 cm³/mol. The first-order valence-corrected chi connectivity index (χ1v) is 8.13. The minimum atomic E-state index is -0.393. The molecule has 128 valence electrons. The molecule has 0 atom stereocenters. The Morgan fingerprint density at radius 3 is 2.76 bits per heavy atom. The van der Waals surface area contributed by atoms with Gasteiger partial charge < -0.3 is 5.32 Å². The molecule has 0 radical (unpaired) electrons. The number of benzene rings is 2. The van der Waals surface area contributed by atoms with Gasteiger partial charge in [0.1, 0.15) is 11.6 Å². The maximum atomic E-state index is 13.5. The summed E-state index contributed by atoms with van der Waals surface area (Å²) in [4.78, 5) is 16.5. The second kappa shape index (κ2) is 7.44. The number of aromatic nitrogens is 3. The summed E-state index contributed by atoms with van der Waals surface area (Å²) in [5, 5.41) is 10.4. The van der Waals surface area contributed by atoms with Crippen LogP contribution in [0.3, 0.4) is 0 Å². The van der Waals surface area contributed by atoms with Crippen LogP contribution >= 0.6 is 11.6 Å². The first-order chi connectivity index (χ1) is 12.0. The fourth-order valence-corrected chi connectivity index (χ4v) is 2.50. The zero-order valence-corrected chi connectivity index (χ0v) is 14.3. The molecule has 2 aromatic carbocycles. The first-order valence-electron chi connectivity index (χ1n) is 7.75. The normalized spacial score (nSPS) is 10.7. The molecule has 0 aliphatic carbocycles. The standard InChI is InChI=1S/C18H16ClFN4O/c1-11-14(3-2-4-15(11)20)18(25)21-10-9-16-22-17(24-23-16)12-5-7-13(19)8-6-12/h2-8H,9-10H2,1H3,(H,21,25)(H,22,23,24). The van der Waals surface area contributed by atoms with Gasteiger partial charge in [-0.2, -0.15) is 5.10 Å². The number of hydrogen-bond acceptors (Lipinski definition) is 3. The molecule has 7 heteroatoms. The van der Waals surface area contributed by atoms with Gasteiger partial charge in [-0.25, -0.2) is 9.37 Å². The number of H-pyrrole nitrogens is 1. The number of amides is 1. The van der Waals surface area contributed by atoms with Crippen LogP contribution in [0.1, 0.15) is 21.7 Å². The summed E-state index contributed by atoms with van der Waals surface area (Å²) < 4.78 is 13.5. The Bertz CT molecular complexity index is 892. The van der Waals surface area contributed by atoms with E-state index in [0.717, 1.165) is 5.56 Å². The van der Waals surface area contributed by atoms with Crippen molar-refractivity contribution in [1.82, 2.24) is 20.5 Å². The molecule has 0 aliphatic heterocycles. The Morgan fingerprint density at radius 1 is 1.24 bits per heavy atom. The van der Waals surface area contributed by atoms with Crippen LogP contribution in [-0.2, 0) is 6.42 Å². The minimum absolute atomic E-state index is 0.311. The molecule has 1 amide bonds. The maximum Gasteiger partial charge on any atom is 0.251 e. The van der Waals surface area contributed by atoms with E-state index in [1.807, 2.05) is 12.1 Å². The highest BCUT2D eigenvalue weighted by atomic mass is 35.5. The SMILES string of the molecule is Cc1c(F)cccc1C(=O)NCCc1nc(-c2ccc(Cl)cc2)n[nH]1. The molecule has 3 rings (SSSR count). The van der Waals surface area contributed by atoms with Crippen LogP contribution < -0.4 is 5.32 Å². The quantitative estimate of drug-likeness (QED) is 0.732. The molecule has 5 nitrogen and oxygen atoms in total. The lowest BCUT2D eigenvalue weighted by Gasteiger charge is -2.07. The van der Waals surface area contributed by atoms with Crippen molar-refractivity contribution in [3.05, 3.63) is 70.3 Å². The van der Waals surface area contributed by atoms with Crippen molar-refractivity contribution in [2.75, 3.05) is 6.54 Å². The third kappa shape index (κ3) is 4.03. The second-order valence-electron chi connectivity index (χ2n) is 5.53. The summed E-state index contributed by atoms with van der Waals surface area (Å²) in [6, 6.07) is 11.7.